The van der Waals surface area contributed by atoms with Crippen molar-refractivity contribution in [3.63, 3.8) is 0 Å². The molecule has 0 spiro atoms. The molecular formula is C21H23N3O2S. The van der Waals surface area contributed by atoms with Crippen LogP contribution in [0.1, 0.15) is 25.1 Å². The highest BCUT2D eigenvalue weighted by Gasteiger charge is 2.25. The van der Waals surface area contributed by atoms with E-state index in [2.05, 4.69) is 15.6 Å². The molecule has 1 unspecified atom stereocenters. The Morgan fingerprint density at radius 3 is 2.52 bits per heavy atom. The van der Waals surface area contributed by atoms with Crippen LogP contribution in [0.25, 0.3) is 10.8 Å². The summed E-state index contributed by atoms with van der Waals surface area (Å²) in [5.41, 5.74) is 1.78. The van der Waals surface area contributed by atoms with Crippen LogP contribution in [0, 0.1) is 12.8 Å². The van der Waals surface area contributed by atoms with E-state index in [9.17, 15) is 9.59 Å². The van der Waals surface area contributed by atoms with Gasteiger partial charge in [-0.1, -0.05) is 56.3 Å². The molecule has 0 aliphatic rings. The highest BCUT2D eigenvalue weighted by atomic mass is 32.1. The zero-order valence-electron chi connectivity index (χ0n) is 15.7. The van der Waals surface area contributed by atoms with Crippen LogP contribution in [0.4, 0.5) is 5.13 Å². The van der Waals surface area contributed by atoms with Gasteiger partial charge in [0.25, 0.3) is 0 Å². The van der Waals surface area contributed by atoms with E-state index >= 15 is 0 Å². The van der Waals surface area contributed by atoms with Gasteiger partial charge in [0, 0.05) is 5.38 Å². The number of hydrogen-bond acceptors (Lipinski definition) is 4. The summed E-state index contributed by atoms with van der Waals surface area (Å²) in [7, 11) is 0. The minimum Gasteiger partial charge on any atom is -0.344 e. The first-order valence-electron chi connectivity index (χ1n) is 8.92. The lowest BCUT2D eigenvalue weighted by atomic mass is 10.0. The summed E-state index contributed by atoms with van der Waals surface area (Å²) in [5.74, 6) is -0.452. The van der Waals surface area contributed by atoms with Gasteiger partial charge in [-0.05, 0) is 29.2 Å². The lowest BCUT2D eigenvalue weighted by Gasteiger charge is -2.21. The summed E-state index contributed by atoms with van der Waals surface area (Å²) in [4.78, 5) is 29.3. The molecule has 0 aliphatic carbocycles. The zero-order chi connectivity index (χ0) is 19.4. The first-order valence-corrected chi connectivity index (χ1v) is 9.80. The number of amides is 2. The van der Waals surface area contributed by atoms with Gasteiger partial charge in [-0.2, -0.15) is 0 Å². The molecule has 0 fully saturated rings. The SMILES string of the molecule is Cc1csc(NC(=O)C(NC(=O)Cc2ccc3ccccc3c2)C(C)C)n1. The van der Waals surface area contributed by atoms with E-state index in [1.807, 2.05) is 68.6 Å². The van der Waals surface area contributed by atoms with Gasteiger partial charge in [0.2, 0.25) is 11.8 Å². The van der Waals surface area contributed by atoms with Gasteiger partial charge in [0.1, 0.15) is 6.04 Å². The molecule has 3 rings (SSSR count). The summed E-state index contributed by atoms with van der Waals surface area (Å²) in [6, 6.07) is 13.4. The van der Waals surface area contributed by atoms with Gasteiger partial charge in [-0.25, -0.2) is 4.98 Å². The van der Waals surface area contributed by atoms with Crippen LogP contribution < -0.4 is 10.6 Å². The van der Waals surface area contributed by atoms with E-state index < -0.39 is 6.04 Å². The number of aromatic nitrogens is 1. The minimum atomic E-state index is -0.609. The second-order valence-electron chi connectivity index (χ2n) is 6.93. The number of carbonyl (C=O) groups is 2. The van der Waals surface area contributed by atoms with Crippen LogP contribution in [0.5, 0.6) is 0 Å². The number of benzene rings is 2. The quantitative estimate of drug-likeness (QED) is 0.680. The maximum Gasteiger partial charge on any atom is 0.248 e. The molecule has 1 atom stereocenters. The van der Waals surface area contributed by atoms with Gasteiger partial charge in [0.05, 0.1) is 12.1 Å². The molecule has 0 aliphatic heterocycles. The van der Waals surface area contributed by atoms with Gasteiger partial charge >= 0.3 is 0 Å². The molecule has 140 valence electrons. The molecule has 0 saturated heterocycles. The largest absolute Gasteiger partial charge is 0.344 e. The Labute approximate surface area is 162 Å². The number of fused-ring (bicyclic) bond motifs is 1. The first kappa shape index (κ1) is 19.0. The van der Waals surface area contributed by atoms with Gasteiger partial charge in [-0.15, -0.1) is 11.3 Å². The highest BCUT2D eigenvalue weighted by molar-refractivity contribution is 7.13. The predicted molar refractivity (Wildman–Crippen MR) is 110 cm³/mol. The Balaban J connectivity index is 1.66. The summed E-state index contributed by atoms with van der Waals surface area (Å²) in [6.45, 7) is 5.69. The summed E-state index contributed by atoms with van der Waals surface area (Å²) >= 11 is 1.37. The molecule has 1 heterocycles. The molecule has 2 aromatic carbocycles. The van der Waals surface area contributed by atoms with Crippen molar-refractivity contribution in [2.75, 3.05) is 5.32 Å². The van der Waals surface area contributed by atoms with Crippen molar-refractivity contribution in [1.82, 2.24) is 10.3 Å². The number of aryl methyl sites for hydroxylation is 1. The first-order chi connectivity index (χ1) is 12.9. The fourth-order valence-electron chi connectivity index (χ4n) is 2.89. The van der Waals surface area contributed by atoms with Crippen molar-refractivity contribution in [2.24, 2.45) is 5.92 Å². The van der Waals surface area contributed by atoms with Crippen LogP contribution in [0.15, 0.2) is 47.8 Å². The third-order valence-electron chi connectivity index (χ3n) is 4.29. The number of nitrogens with zero attached hydrogens (tertiary/aromatic N) is 1. The minimum absolute atomic E-state index is 0.0355. The second kappa shape index (κ2) is 8.31. The fraction of sp³-hybridized carbons (Fsp3) is 0.286. The number of anilines is 1. The average molecular weight is 382 g/mol. The maximum atomic E-state index is 12.6. The maximum absolute atomic E-state index is 12.6. The number of hydrogen-bond donors (Lipinski definition) is 2. The smallest absolute Gasteiger partial charge is 0.248 e. The second-order valence-corrected chi connectivity index (χ2v) is 7.79. The van der Waals surface area contributed by atoms with Crippen molar-refractivity contribution in [2.45, 2.75) is 33.2 Å². The van der Waals surface area contributed by atoms with Crippen molar-refractivity contribution in [1.29, 1.82) is 0 Å². The normalized spacial score (nSPS) is 12.1. The van der Waals surface area contributed by atoms with Crippen molar-refractivity contribution >= 4 is 39.1 Å². The molecule has 5 nitrogen and oxygen atoms in total. The average Bonchev–Trinajstić information content (AvgIpc) is 3.04. The van der Waals surface area contributed by atoms with Crippen LogP contribution in [-0.2, 0) is 16.0 Å². The molecule has 6 heteroatoms. The summed E-state index contributed by atoms with van der Waals surface area (Å²) in [6.07, 6.45) is 0.234. The molecule has 2 N–H and O–H groups in total. The molecule has 3 aromatic rings. The van der Waals surface area contributed by atoms with Crippen LogP contribution in [-0.4, -0.2) is 22.8 Å². The summed E-state index contributed by atoms with van der Waals surface area (Å²) < 4.78 is 0. The van der Waals surface area contributed by atoms with Gasteiger partial charge in [-0.3, -0.25) is 9.59 Å². The Kier molecular flexibility index (Phi) is 5.86. The van der Waals surface area contributed by atoms with Crippen LogP contribution in [0.3, 0.4) is 0 Å². The van der Waals surface area contributed by atoms with Crippen molar-refractivity contribution < 1.29 is 9.59 Å². The topological polar surface area (TPSA) is 71.1 Å². The predicted octanol–water partition coefficient (Wildman–Crippen LogP) is 3.93. The summed E-state index contributed by atoms with van der Waals surface area (Å²) in [5, 5.41) is 10.3. The van der Waals surface area contributed by atoms with E-state index in [0.717, 1.165) is 22.0 Å². The van der Waals surface area contributed by atoms with E-state index in [1.165, 1.54) is 11.3 Å². The van der Waals surface area contributed by atoms with Crippen molar-refractivity contribution in [3.05, 3.63) is 59.1 Å². The fourth-order valence-corrected chi connectivity index (χ4v) is 3.58. The standard InChI is InChI=1S/C21H23N3O2S/c1-13(2)19(20(26)24-21-22-14(3)12-27-21)23-18(25)11-15-8-9-16-6-4-5-7-17(16)10-15/h4-10,12-13,19H,11H2,1-3H3,(H,23,25)(H,22,24,26). The molecule has 0 bridgehead atoms. The number of nitrogens with one attached hydrogen (secondary N) is 2. The Morgan fingerprint density at radius 1 is 1.11 bits per heavy atom. The Morgan fingerprint density at radius 2 is 1.85 bits per heavy atom. The number of carbonyl (C=O) groups excluding carboxylic acids is 2. The highest BCUT2D eigenvalue weighted by Crippen LogP contribution is 2.17. The van der Waals surface area contributed by atoms with E-state index in [0.29, 0.717) is 5.13 Å². The molecule has 27 heavy (non-hydrogen) atoms. The molecule has 2 amide bonds. The zero-order valence-corrected chi connectivity index (χ0v) is 16.5. The van der Waals surface area contributed by atoms with E-state index in [-0.39, 0.29) is 24.2 Å². The Hall–Kier alpha value is -2.73. The van der Waals surface area contributed by atoms with Gasteiger partial charge < -0.3 is 10.6 Å². The monoisotopic (exact) mass is 381 g/mol. The van der Waals surface area contributed by atoms with Crippen LogP contribution >= 0.6 is 11.3 Å². The molecule has 0 saturated carbocycles. The molecule has 0 radical (unpaired) electrons. The lowest BCUT2D eigenvalue weighted by Crippen LogP contribution is -2.47. The van der Waals surface area contributed by atoms with Crippen molar-refractivity contribution in [3.8, 4) is 0 Å². The van der Waals surface area contributed by atoms with E-state index in [1.54, 1.807) is 0 Å². The Bertz CT molecular complexity index is 965. The van der Waals surface area contributed by atoms with Crippen LogP contribution in [0.2, 0.25) is 0 Å². The molecular weight excluding hydrogens is 358 g/mol. The number of thiazole rings is 1. The van der Waals surface area contributed by atoms with E-state index in [4.69, 9.17) is 0 Å². The lowest BCUT2D eigenvalue weighted by molar-refractivity contribution is -0.127. The third-order valence-corrected chi connectivity index (χ3v) is 5.17. The van der Waals surface area contributed by atoms with Gasteiger partial charge in [0.15, 0.2) is 5.13 Å². The molecule has 1 aromatic heterocycles. The number of rotatable bonds is 6. The third kappa shape index (κ3) is 4.92.